The van der Waals surface area contributed by atoms with Gasteiger partial charge in [0.2, 0.25) is 5.28 Å². The first-order chi connectivity index (χ1) is 7.91. The van der Waals surface area contributed by atoms with E-state index in [0.29, 0.717) is 11.3 Å². The second-order valence-corrected chi connectivity index (χ2v) is 4.27. The van der Waals surface area contributed by atoms with Crippen LogP contribution in [0.15, 0.2) is 16.9 Å². The van der Waals surface area contributed by atoms with Crippen LogP contribution in [0.5, 0.6) is 5.75 Å². The van der Waals surface area contributed by atoms with Crippen LogP contribution in [0, 0.1) is 13.8 Å². The van der Waals surface area contributed by atoms with Crippen molar-refractivity contribution in [2.24, 2.45) is 7.05 Å². The zero-order valence-electron chi connectivity index (χ0n) is 9.73. The van der Waals surface area contributed by atoms with Gasteiger partial charge in [0.05, 0.1) is 5.69 Å². The molecule has 1 heterocycles. The third-order valence-corrected chi connectivity index (χ3v) is 2.89. The number of rotatable bonds is 1. The summed E-state index contributed by atoms with van der Waals surface area (Å²) in [5.74, 6) is 0.194. The van der Waals surface area contributed by atoms with Crippen LogP contribution in [-0.4, -0.2) is 19.5 Å². The molecule has 0 saturated heterocycles. The smallest absolute Gasteiger partial charge is 0.351 e. The summed E-state index contributed by atoms with van der Waals surface area (Å²) in [5.41, 5.74) is 1.74. The Balaban J connectivity index is 2.77. The summed E-state index contributed by atoms with van der Waals surface area (Å²) in [6.45, 7) is 3.55. The van der Waals surface area contributed by atoms with E-state index < -0.39 is 0 Å². The van der Waals surface area contributed by atoms with Gasteiger partial charge in [-0.2, -0.15) is 0 Å². The van der Waals surface area contributed by atoms with Gasteiger partial charge in [-0.25, -0.2) is 14.0 Å². The molecule has 0 bridgehead atoms. The highest BCUT2D eigenvalue weighted by Crippen LogP contribution is 2.24. The minimum absolute atomic E-state index is 0.102. The normalized spacial score (nSPS) is 10.8. The van der Waals surface area contributed by atoms with Crippen molar-refractivity contribution in [1.29, 1.82) is 0 Å². The van der Waals surface area contributed by atoms with Crippen LogP contribution in [0.1, 0.15) is 11.1 Å². The van der Waals surface area contributed by atoms with Gasteiger partial charge in [0.25, 0.3) is 0 Å². The van der Waals surface area contributed by atoms with Crippen molar-refractivity contribution in [3.05, 3.63) is 39.0 Å². The Bertz CT molecular complexity index is 643. The molecule has 0 spiro atoms. The van der Waals surface area contributed by atoms with Crippen LogP contribution >= 0.6 is 11.6 Å². The third-order valence-electron chi connectivity index (χ3n) is 2.64. The van der Waals surface area contributed by atoms with Gasteiger partial charge in [0.15, 0.2) is 0 Å². The van der Waals surface area contributed by atoms with Gasteiger partial charge in [0.1, 0.15) is 5.75 Å². The molecule has 90 valence electrons. The molecule has 6 heteroatoms. The SMILES string of the molecule is Cc1cc(-n2c(Cl)nn(C)c2=O)c(C)cc1O. The number of phenolic OH excluding ortho intramolecular Hbond substituents is 1. The number of hydrogen-bond acceptors (Lipinski definition) is 3. The molecule has 0 aliphatic heterocycles. The van der Waals surface area contributed by atoms with Crippen molar-refractivity contribution >= 4 is 11.6 Å². The first kappa shape index (κ1) is 11.7. The molecule has 2 aromatic rings. The number of aryl methyl sites for hydroxylation is 3. The van der Waals surface area contributed by atoms with Crippen LogP contribution in [0.4, 0.5) is 0 Å². The molecule has 2 rings (SSSR count). The fourth-order valence-electron chi connectivity index (χ4n) is 1.66. The molecular weight excluding hydrogens is 242 g/mol. The minimum atomic E-state index is -0.316. The minimum Gasteiger partial charge on any atom is -0.508 e. The number of aromatic hydroxyl groups is 1. The van der Waals surface area contributed by atoms with Crippen molar-refractivity contribution in [2.45, 2.75) is 13.8 Å². The summed E-state index contributed by atoms with van der Waals surface area (Å²) in [6, 6.07) is 3.31. The highest BCUT2D eigenvalue weighted by atomic mass is 35.5. The number of benzene rings is 1. The number of halogens is 1. The fraction of sp³-hybridized carbons (Fsp3) is 0.273. The average molecular weight is 254 g/mol. The maximum absolute atomic E-state index is 11.9. The Hall–Kier alpha value is -1.75. The van der Waals surface area contributed by atoms with Crippen LogP contribution in [0.2, 0.25) is 5.28 Å². The van der Waals surface area contributed by atoms with Crippen molar-refractivity contribution in [3.8, 4) is 11.4 Å². The maximum atomic E-state index is 11.9. The Morgan fingerprint density at radius 3 is 2.47 bits per heavy atom. The number of phenols is 1. The topological polar surface area (TPSA) is 60.0 Å². The highest BCUT2D eigenvalue weighted by Gasteiger charge is 2.14. The van der Waals surface area contributed by atoms with Gasteiger partial charge in [-0.05, 0) is 48.7 Å². The van der Waals surface area contributed by atoms with Crippen LogP contribution in [0.25, 0.3) is 5.69 Å². The lowest BCUT2D eigenvalue weighted by Gasteiger charge is -2.09. The van der Waals surface area contributed by atoms with E-state index in [1.807, 2.05) is 0 Å². The van der Waals surface area contributed by atoms with Gasteiger partial charge in [0, 0.05) is 7.05 Å². The van der Waals surface area contributed by atoms with Crippen molar-refractivity contribution in [1.82, 2.24) is 14.3 Å². The second-order valence-electron chi connectivity index (χ2n) is 3.94. The lowest BCUT2D eigenvalue weighted by molar-refractivity contribution is 0.470. The second kappa shape index (κ2) is 3.92. The monoisotopic (exact) mass is 253 g/mol. The molecule has 0 atom stereocenters. The van der Waals surface area contributed by atoms with E-state index in [1.54, 1.807) is 26.0 Å². The Labute approximate surface area is 103 Å². The molecule has 0 fully saturated rings. The standard InChI is InChI=1S/C11H12ClN3O2/c1-6-5-9(16)7(2)4-8(6)15-10(12)13-14(3)11(15)17/h4-5,16H,1-3H3. The predicted molar refractivity (Wildman–Crippen MR) is 65.0 cm³/mol. The number of aromatic nitrogens is 3. The van der Waals surface area contributed by atoms with Gasteiger partial charge in [-0.15, -0.1) is 5.10 Å². The van der Waals surface area contributed by atoms with Gasteiger partial charge in [-0.3, -0.25) is 0 Å². The summed E-state index contributed by atoms with van der Waals surface area (Å²) < 4.78 is 2.48. The highest BCUT2D eigenvalue weighted by molar-refractivity contribution is 6.28. The molecule has 0 saturated carbocycles. The summed E-state index contributed by atoms with van der Waals surface area (Å²) in [5, 5.41) is 13.5. The lowest BCUT2D eigenvalue weighted by Crippen LogP contribution is -2.22. The molecule has 1 aromatic carbocycles. The average Bonchev–Trinajstić information content (AvgIpc) is 2.48. The molecule has 1 N–H and O–H groups in total. The van der Waals surface area contributed by atoms with Gasteiger partial charge < -0.3 is 5.11 Å². The quantitative estimate of drug-likeness (QED) is 0.839. The van der Waals surface area contributed by atoms with E-state index in [1.165, 1.54) is 16.3 Å². The van der Waals surface area contributed by atoms with Gasteiger partial charge in [-0.1, -0.05) is 0 Å². The molecule has 0 radical (unpaired) electrons. The fourth-order valence-corrected chi connectivity index (χ4v) is 1.94. The molecular formula is C11H12ClN3O2. The molecule has 1 aromatic heterocycles. The molecule has 17 heavy (non-hydrogen) atoms. The predicted octanol–water partition coefficient (Wildman–Crippen LogP) is 1.55. The first-order valence-corrected chi connectivity index (χ1v) is 5.41. The lowest BCUT2D eigenvalue weighted by atomic mass is 10.1. The molecule has 0 unspecified atom stereocenters. The largest absolute Gasteiger partial charge is 0.508 e. The van der Waals surface area contributed by atoms with E-state index in [0.717, 1.165) is 5.56 Å². The Morgan fingerprint density at radius 2 is 1.94 bits per heavy atom. The van der Waals surface area contributed by atoms with Crippen LogP contribution in [-0.2, 0) is 7.05 Å². The first-order valence-electron chi connectivity index (χ1n) is 5.04. The molecule has 0 aliphatic carbocycles. The molecule has 0 amide bonds. The Morgan fingerprint density at radius 1 is 1.29 bits per heavy atom. The molecule has 0 aliphatic rings. The van der Waals surface area contributed by atoms with E-state index in [2.05, 4.69) is 5.10 Å². The zero-order chi connectivity index (χ0) is 12.7. The summed E-state index contributed by atoms with van der Waals surface area (Å²) >= 11 is 5.92. The van der Waals surface area contributed by atoms with E-state index in [-0.39, 0.29) is 16.7 Å². The Kier molecular flexibility index (Phi) is 2.71. The van der Waals surface area contributed by atoms with E-state index >= 15 is 0 Å². The van der Waals surface area contributed by atoms with E-state index in [4.69, 9.17) is 11.6 Å². The van der Waals surface area contributed by atoms with Crippen molar-refractivity contribution in [2.75, 3.05) is 0 Å². The van der Waals surface area contributed by atoms with Crippen molar-refractivity contribution in [3.63, 3.8) is 0 Å². The van der Waals surface area contributed by atoms with E-state index in [9.17, 15) is 9.90 Å². The summed E-state index contributed by atoms with van der Waals surface area (Å²) in [4.78, 5) is 11.9. The van der Waals surface area contributed by atoms with Crippen molar-refractivity contribution < 1.29 is 5.11 Å². The third kappa shape index (κ3) is 1.82. The molecule has 5 nitrogen and oxygen atoms in total. The maximum Gasteiger partial charge on any atom is 0.351 e. The zero-order valence-corrected chi connectivity index (χ0v) is 10.5. The van der Waals surface area contributed by atoms with Crippen LogP contribution < -0.4 is 5.69 Å². The number of hydrogen-bond donors (Lipinski definition) is 1. The van der Waals surface area contributed by atoms with Gasteiger partial charge >= 0.3 is 5.69 Å². The van der Waals surface area contributed by atoms with Crippen LogP contribution in [0.3, 0.4) is 0 Å². The summed E-state index contributed by atoms with van der Waals surface area (Å²) in [7, 11) is 1.54. The summed E-state index contributed by atoms with van der Waals surface area (Å²) in [6.07, 6.45) is 0. The number of nitrogens with zero attached hydrogens (tertiary/aromatic N) is 3.